The summed E-state index contributed by atoms with van der Waals surface area (Å²) in [5.74, 6) is -0.463. The normalized spacial score (nSPS) is 14.2. The molecule has 0 saturated carbocycles. The molecule has 1 aromatic heterocycles. The van der Waals surface area contributed by atoms with Gasteiger partial charge in [0.05, 0.1) is 6.67 Å². The Balaban J connectivity index is 0.000000253. The van der Waals surface area contributed by atoms with Crippen LogP contribution in [0.4, 0.5) is 0 Å². The van der Waals surface area contributed by atoms with E-state index >= 15 is 0 Å². The van der Waals surface area contributed by atoms with Gasteiger partial charge >= 0.3 is 0 Å². The number of nitrogens with one attached hydrogen (secondary N) is 4. The van der Waals surface area contributed by atoms with Crippen molar-refractivity contribution in [3.8, 4) is 0 Å². The predicted octanol–water partition coefficient (Wildman–Crippen LogP) is 3.90. The molecular weight excluding hydrogens is 496 g/mol. The third-order valence-corrected chi connectivity index (χ3v) is 7.69. The summed E-state index contributed by atoms with van der Waals surface area (Å²) in [6, 6.07) is 22.3. The fourth-order valence-corrected chi connectivity index (χ4v) is 5.58. The fourth-order valence-electron chi connectivity index (χ4n) is 4.61. The number of rotatable bonds is 8. The molecule has 1 aliphatic rings. The maximum Gasteiger partial charge on any atom is 0.244 e. The molecule has 1 atom stereocenters. The van der Waals surface area contributed by atoms with E-state index in [1.165, 1.54) is 16.3 Å². The van der Waals surface area contributed by atoms with Crippen molar-refractivity contribution in [1.29, 1.82) is 0 Å². The Bertz CT molecular complexity index is 1380. The van der Waals surface area contributed by atoms with Gasteiger partial charge in [-0.3, -0.25) is 14.4 Å². The second-order valence-electron chi connectivity index (χ2n) is 9.44. The van der Waals surface area contributed by atoms with Crippen LogP contribution in [0.15, 0.2) is 72.1 Å². The van der Waals surface area contributed by atoms with Crippen molar-refractivity contribution in [3.05, 3.63) is 83.2 Å². The van der Waals surface area contributed by atoms with Gasteiger partial charge in [-0.1, -0.05) is 66.2 Å². The summed E-state index contributed by atoms with van der Waals surface area (Å²) in [5, 5.41) is 17.0. The van der Waals surface area contributed by atoms with Crippen LogP contribution in [-0.4, -0.2) is 44.0 Å². The second kappa shape index (κ2) is 13.7. The number of hydrogen-bond donors (Lipinski definition) is 4. The summed E-state index contributed by atoms with van der Waals surface area (Å²) in [5.41, 5.74) is 2.36. The molecule has 0 spiro atoms. The molecule has 8 heteroatoms. The smallest absolute Gasteiger partial charge is 0.244 e. The molecule has 3 aromatic carbocycles. The van der Waals surface area contributed by atoms with Gasteiger partial charge in [0.25, 0.3) is 0 Å². The minimum Gasteiger partial charge on any atom is -0.344 e. The van der Waals surface area contributed by atoms with Crippen LogP contribution in [0.5, 0.6) is 0 Å². The Morgan fingerprint density at radius 3 is 2.55 bits per heavy atom. The van der Waals surface area contributed by atoms with Gasteiger partial charge in [0, 0.05) is 17.0 Å². The van der Waals surface area contributed by atoms with Gasteiger partial charge in [-0.15, -0.1) is 11.3 Å². The zero-order valence-corrected chi connectivity index (χ0v) is 22.4. The van der Waals surface area contributed by atoms with Gasteiger partial charge in [0.1, 0.15) is 6.04 Å². The van der Waals surface area contributed by atoms with Crippen LogP contribution >= 0.6 is 11.3 Å². The van der Waals surface area contributed by atoms with Crippen molar-refractivity contribution in [1.82, 2.24) is 21.3 Å². The average Bonchev–Trinajstić information content (AvgIpc) is 3.36. The van der Waals surface area contributed by atoms with Crippen molar-refractivity contribution < 1.29 is 14.4 Å². The van der Waals surface area contributed by atoms with Crippen LogP contribution in [0.25, 0.3) is 20.9 Å². The third kappa shape index (κ3) is 7.40. The number of benzene rings is 3. The summed E-state index contributed by atoms with van der Waals surface area (Å²) in [7, 11) is 0. The second-order valence-corrected chi connectivity index (χ2v) is 10.3. The lowest BCUT2D eigenvalue weighted by Crippen LogP contribution is -2.52. The number of piperidine rings is 1. The van der Waals surface area contributed by atoms with Crippen LogP contribution in [0.1, 0.15) is 24.0 Å². The Morgan fingerprint density at radius 2 is 1.76 bits per heavy atom. The van der Waals surface area contributed by atoms with Crippen LogP contribution in [-0.2, 0) is 20.8 Å². The Hall–Kier alpha value is -3.75. The van der Waals surface area contributed by atoms with Crippen molar-refractivity contribution in [3.63, 3.8) is 0 Å². The van der Waals surface area contributed by atoms with E-state index in [0.717, 1.165) is 41.6 Å². The van der Waals surface area contributed by atoms with Gasteiger partial charge in [-0.25, -0.2) is 0 Å². The highest BCUT2D eigenvalue weighted by molar-refractivity contribution is 7.17. The molecule has 1 aliphatic heterocycles. The van der Waals surface area contributed by atoms with Crippen LogP contribution in [0.3, 0.4) is 0 Å². The fraction of sp³-hybridized carbons (Fsp3) is 0.300. The van der Waals surface area contributed by atoms with Crippen molar-refractivity contribution >= 4 is 50.4 Å². The van der Waals surface area contributed by atoms with E-state index in [2.05, 4.69) is 70.7 Å². The Morgan fingerprint density at radius 1 is 1.03 bits per heavy atom. The van der Waals surface area contributed by atoms with E-state index in [0.29, 0.717) is 12.8 Å². The van der Waals surface area contributed by atoms with Crippen LogP contribution in [0, 0.1) is 12.8 Å². The molecule has 1 saturated heterocycles. The molecule has 7 nitrogen and oxygen atoms in total. The standard InChI is InChI=1S/C19H24N4O3S.C11H10/c24-12-21-11-22-19(26)16(23-18(25)13-5-7-20-8-6-13)9-14-10-27-17-4-2-1-3-15(14)17;1-9-6-7-10-4-2-3-5-11(10)8-9/h1-4,10,12-13,16,20H,5-9,11H2,(H,21,24)(H,22,26)(H,23,25);2-8H,1H3. The molecule has 0 bridgehead atoms. The summed E-state index contributed by atoms with van der Waals surface area (Å²) >= 11 is 1.62. The van der Waals surface area contributed by atoms with E-state index < -0.39 is 6.04 Å². The van der Waals surface area contributed by atoms with Crippen LogP contribution < -0.4 is 21.3 Å². The molecule has 3 amide bonds. The quantitative estimate of drug-likeness (QED) is 0.158. The minimum atomic E-state index is -0.682. The molecule has 198 valence electrons. The molecule has 1 unspecified atom stereocenters. The maximum absolute atomic E-state index is 12.6. The molecule has 5 rings (SSSR count). The third-order valence-electron chi connectivity index (χ3n) is 6.68. The molecule has 2 heterocycles. The first-order valence-corrected chi connectivity index (χ1v) is 13.8. The highest BCUT2D eigenvalue weighted by atomic mass is 32.1. The van der Waals surface area contributed by atoms with Crippen molar-refractivity contribution in [2.24, 2.45) is 5.92 Å². The van der Waals surface area contributed by atoms with E-state index in [1.54, 1.807) is 11.3 Å². The number of hydrogen-bond acceptors (Lipinski definition) is 5. The monoisotopic (exact) mass is 530 g/mol. The van der Waals surface area contributed by atoms with Crippen molar-refractivity contribution in [2.45, 2.75) is 32.2 Å². The lowest BCUT2D eigenvalue weighted by Gasteiger charge is -2.25. The zero-order valence-electron chi connectivity index (χ0n) is 21.5. The van der Waals surface area contributed by atoms with E-state index in [-0.39, 0.29) is 24.4 Å². The molecule has 0 radical (unpaired) electrons. The van der Waals surface area contributed by atoms with Gasteiger partial charge in [0.15, 0.2) is 0 Å². The molecule has 4 aromatic rings. The summed E-state index contributed by atoms with van der Waals surface area (Å²) in [6.07, 6.45) is 2.48. The molecule has 4 N–H and O–H groups in total. The first kappa shape index (κ1) is 27.3. The number of amides is 3. The minimum absolute atomic E-state index is 0.0342. The van der Waals surface area contributed by atoms with E-state index in [1.807, 2.05) is 29.6 Å². The number of thiophene rings is 1. The lowest BCUT2D eigenvalue weighted by atomic mass is 9.96. The number of carbonyl (C=O) groups is 3. The highest BCUT2D eigenvalue weighted by Crippen LogP contribution is 2.26. The summed E-state index contributed by atoms with van der Waals surface area (Å²) in [4.78, 5) is 35.7. The molecule has 1 fully saturated rings. The Kier molecular flexibility index (Phi) is 9.84. The number of aryl methyl sites for hydroxylation is 1. The Labute approximate surface area is 227 Å². The maximum atomic E-state index is 12.6. The molecular formula is C30H34N4O3S. The first-order chi connectivity index (χ1) is 18.5. The number of fused-ring (bicyclic) bond motifs is 2. The SMILES string of the molecule is Cc1ccc2ccccc2c1.O=CNCNC(=O)C(Cc1csc2ccccc12)NC(=O)C1CCNCC1. The highest BCUT2D eigenvalue weighted by Gasteiger charge is 2.27. The van der Waals surface area contributed by atoms with Gasteiger partial charge in [0.2, 0.25) is 18.2 Å². The predicted molar refractivity (Wildman–Crippen MR) is 154 cm³/mol. The van der Waals surface area contributed by atoms with Crippen molar-refractivity contribution in [2.75, 3.05) is 19.8 Å². The lowest BCUT2D eigenvalue weighted by molar-refractivity contribution is -0.131. The van der Waals surface area contributed by atoms with E-state index in [4.69, 9.17) is 0 Å². The zero-order chi connectivity index (χ0) is 26.7. The van der Waals surface area contributed by atoms with Crippen LogP contribution in [0.2, 0.25) is 0 Å². The average molecular weight is 531 g/mol. The summed E-state index contributed by atoms with van der Waals surface area (Å²) < 4.78 is 1.15. The van der Waals surface area contributed by atoms with E-state index in [9.17, 15) is 14.4 Å². The molecule has 0 aliphatic carbocycles. The van der Waals surface area contributed by atoms with Gasteiger partial charge in [-0.2, -0.15) is 0 Å². The molecule has 38 heavy (non-hydrogen) atoms. The largest absolute Gasteiger partial charge is 0.344 e. The van der Waals surface area contributed by atoms with Gasteiger partial charge in [-0.05, 0) is 66.0 Å². The van der Waals surface area contributed by atoms with Gasteiger partial charge < -0.3 is 21.3 Å². The topological polar surface area (TPSA) is 99.3 Å². The first-order valence-electron chi connectivity index (χ1n) is 12.9. The summed E-state index contributed by atoms with van der Waals surface area (Å²) in [6.45, 7) is 3.78. The number of carbonyl (C=O) groups excluding carboxylic acids is 3.